The van der Waals surface area contributed by atoms with Crippen LogP contribution in [0.4, 0.5) is 4.39 Å². The molecular formula is C17H18BrFN4O3S. The minimum atomic E-state index is -3.60. The summed E-state index contributed by atoms with van der Waals surface area (Å²) in [6.07, 6.45) is 0. The number of rotatable bonds is 7. The van der Waals surface area contributed by atoms with Gasteiger partial charge >= 0.3 is 0 Å². The first kappa shape index (κ1) is 19.7. The topological polar surface area (TPSA) is 77.3 Å². The summed E-state index contributed by atoms with van der Waals surface area (Å²) in [4.78, 5) is 6.94. The van der Waals surface area contributed by atoms with Gasteiger partial charge in [0.25, 0.3) is 0 Å². The lowest BCUT2D eigenvalue weighted by atomic mass is 10.2. The standard InChI is InChI=1S/C17H18BrFN4O3S/c1-3-22(4-2)27(24,25)13-6-8-16-17(10-13)23(21-20-16)26-11-12-5-7-15(19)14(18)9-12/h5-10H,3-4,11H2,1-2H3. The highest BCUT2D eigenvalue weighted by Gasteiger charge is 2.23. The number of benzene rings is 2. The number of sulfonamides is 1. The molecule has 144 valence electrons. The van der Waals surface area contributed by atoms with E-state index in [2.05, 4.69) is 26.2 Å². The van der Waals surface area contributed by atoms with E-state index in [4.69, 9.17) is 4.84 Å². The van der Waals surface area contributed by atoms with E-state index in [-0.39, 0.29) is 17.3 Å². The molecule has 7 nitrogen and oxygen atoms in total. The van der Waals surface area contributed by atoms with Gasteiger partial charge in [0.1, 0.15) is 23.5 Å². The average Bonchev–Trinajstić information content (AvgIpc) is 3.06. The Kier molecular flexibility index (Phi) is 5.78. The van der Waals surface area contributed by atoms with Crippen molar-refractivity contribution in [2.24, 2.45) is 0 Å². The van der Waals surface area contributed by atoms with Gasteiger partial charge in [-0.15, -0.1) is 5.10 Å². The predicted octanol–water partition coefficient (Wildman–Crippen LogP) is 2.99. The largest absolute Gasteiger partial charge is 0.390 e. The molecule has 0 N–H and O–H groups in total. The van der Waals surface area contributed by atoms with E-state index in [1.54, 1.807) is 32.0 Å². The Hall–Kier alpha value is -2.04. The summed E-state index contributed by atoms with van der Waals surface area (Å²) in [7, 11) is -3.60. The number of hydrogen-bond donors (Lipinski definition) is 0. The van der Waals surface area contributed by atoms with Crippen molar-refractivity contribution < 1.29 is 17.6 Å². The normalized spacial score (nSPS) is 12.0. The molecule has 0 atom stereocenters. The zero-order valence-corrected chi connectivity index (χ0v) is 17.2. The van der Waals surface area contributed by atoms with Crippen LogP contribution in [0.15, 0.2) is 45.8 Å². The van der Waals surface area contributed by atoms with Gasteiger partial charge in [-0.25, -0.2) is 12.8 Å². The second-order valence-electron chi connectivity index (χ2n) is 5.72. The van der Waals surface area contributed by atoms with Crippen LogP contribution in [0.3, 0.4) is 0 Å². The van der Waals surface area contributed by atoms with E-state index in [9.17, 15) is 12.8 Å². The summed E-state index contributed by atoms with van der Waals surface area (Å²) < 4.78 is 40.5. The molecule has 10 heteroatoms. The SMILES string of the molecule is CCN(CC)S(=O)(=O)c1ccc2nnn(OCc3ccc(F)c(Br)c3)c2c1. The maximum atomic E-state index is 13.3. The molecule has 1 heterocycles. The van der Waals surface area contributed by atoms with Crippen molar-refractivity contribution in [3.63, 3.8) is 0 Å². The van der Waals surface area contributed by atoms with Crippen molar-refractivity contribution in [2.45, 2.75) is 25.3 Å². The lowest BCUT2D eigenvalue weighted by molar-refractivity contribution is 0.0750. The Balaban J connectivity index is 1.90. The fourth-order valence-corrected chi connectivity index (χ4v) is 4.52. The summed E-state index contributed by atoms with van der Waals surface area (Å²) in [5, 5.41) is 7.89. The summed E-state index contributed by atoms with van der Waals surface area (Å²) in [6, 6.07) is 9.11. The van der Waals surface area contributed by atoms with Crippen molar-refractivity contribution in [1.82, 2.24) is 19.5 Å². The van der Waals surface area contributed by atoms with Crippen LogP contribution in [0.2, 0.25) is 0 Å². The second kappa shape index (κ2) is 7.91. The van der Waals surface area contributed by atoms with Crippen LogP contribution in [0.5, 0.6) is 0 Å². The van der Waals surface area contributed by atoms with Gasteiger partial charge in [0.05, 0.1) is 9.37 Å². The number of nitrogens with zero attached hydrogens (tertiary/aromatic N) is 4. The first-order valence-corrected chi connectivity index (χ1v) is 10.5. The monoisotopic (exact) mass is 456 g/mol. The van der Waals surface area contributed by atoms with Gasteiger partial charge in [0, 0.05) is 13.1 Å². The summed E-state index contributed by atoms with van der Waals surface area (Å²) >= 11 is 3.13. The molecule has 0 aliphatic rings. The van der Waals surface area contributed by atoms with Crippen LogP contribution in [0, 0.1) is 5.82 Å². The van der Waals surface area contributed by atoms with E-state index >= 15 is 0 Å². The molecule has 0 bridgehead atoms. The molecule has 3 aromatic rings. The van der Waals surface area contributed by atoms with E-state index in [0.29, 0.717) is 28.6 Å². The van der Waals surface area contributed by atoms with Crippen LogP contribution in [-0.4, -0.2) is 41.0 Å². The molecule has 0 amide bonds. The van der Waals surface area contributed by atoms with E-state index in [1.165, 1.54) is 27.3 Å². The van der Waals surface area contributed by atoms with Gasteiger partial charge in [0.2, 0.25) is 10.0 Å². The predicted molar refractivity (Wildman–Crippen MR) is 102 cm³/mol. The Morgan fingerprint density at radius 2 is 1.93 bits per heavy atom. The number of hydrogen-bond acceptors (Lipinski definition) is 5. The molecule has 0 saturated carbocycles. The van der Waals surface area contributed by atoms with E-state index in [0.717, 1.165) is 5.56 Å². The summed E-state index contributed by atoms with van der Waals surface area (Å²) in [5.41, 5.74) is 1.66. The molecule has 27 heavy (non-hydrogen) atoms. The zero-order valence-electron chi connectivity index (χ0n) is 14.8. The molecule has 2 aromatic carbocycles. The van der Waals surface area contributed by atoms with Crippen LogP contribution in [-0.2, 0) is 16.6 Å². The van der Waals surface area contributed by atoms with Crippen molar-refractivity contribution in [3.05, 3.63) is 52.3 Å². The fraction of sp³-hybridized carbons (Fsp3) is 0.294. The molecule has 1 aromatic heterocycles. The molecule has 3 rings (SSSR count). The first-order valence-electron chi connectivity index (χ1n) is 8.29. The summed E-state index contributed by atoms with van der Waals surface area (Å²) in [6.45, 7) is 4.45. The minimum absolute atomic E-state index is 0.115. The highest BCUT2D eigenvalue weighted by Crippen LogP contribution is 2.21. The molecular weight excluding hydrogens is 439 g/mol. The van der Waals surface area contributed by atoms with Crippen LogP contribution < -0.4 is 4.84 Å². The van der Waals surface area contributed by atoms with Gasteiger partial charge in [-0.05, 0) is 57.0 Å². The Labute approximate surface area is 164 Å². The molecule has 0 spiro atoms. The highest BCUT2D eigenvalue weighted by atomic mass is 79.9. The van der Waals surface area contributed by atoms with Crippen molar-refractivity contribution in [3.8, 4) is 0 Å². The lowest BCUT2D eigenvalue weighted by Crippen LogP contribution is -2.30. The van der Waals surface area contributed by atoms with Gasteiger partial charge in [0.15, 0.2) is 0 Å². The number of fused-ring (bicyclic) bond motifs is 1. The number of aromatic nitrogens is 3. The smallest absolute Gasteiger partial charge is 0.243 e. The minimum Gasteiger partial charge on any atom is -0.390 e. The lowest BCUT2D eigenvalue weighted by Gasteiger charge is -2.18. The molecule has 0 radical (unpaired) electrons. The Morgan fingerprint density at radius 3 is 2.59 bits per heavy atom. The maximum Gasteiger partial charge on any atom is 0.243 e. The third-order valence-corrected chi connectivity index (χ3v) is 6.72. The second-order valence-corrected chi connectivity index (χ2v) is 8.52. The third kappa shape index (κ3) is 3.97. The fourth-order valence-electron chi connectivity index (χ4n) is 2.61. The van der Waals surface area contributed by atoms with Crippen molar-refractivity contribution in [1.29, 1.82) is 0 Å². The van der Waals surface area contributed by atoms with Crippen LogP contribution in [0.25, 0.3) is 11.0 Å². The van der Waals surface area contributed by atoms with Gasteiger partial charge in [-0.1, -0.05) is 24.8 Å². The van der Waals surface area contributed by atoms with Crippen LogP contribution >= 0.6 is 15.9 Å². The van der Waals surface area contributed by atoms with Crippen molar-refractivity contribution in [2.75, 3.05) is 13.1 Å². The molecule has 0 saturated heterocycles. The highest BCUT2D eigenvalue weighted by molar-refractivity contribution is 9.10. The number of halogens is 2. The van der Waals surface area contributed by atoms with Gasteiger partial charge in [-0.3, -0.25) is 0 Å². The average molecular weight is 457 g/mol. The molecule has 0 unspecified atom stereocenters. The van der Waals surface area contributed by atoms with Gasteiger partial charge in [-0.2, -0.15) is 4.31 Å². The molecule has 0 aliphatic heterocycles. The first-order chi connectivity index (χ1) is 12.9. The van der Waals surface area contributed by atoms with E-state index < -0.39 is 10.0 Å². The van der Waals surface area contributed by atoms with Gasteiger partial charge < -0.3 is 4.84 Å². The van der Waals surface area contributed by atoms with E-state index in [1.807, 2.05) is 0 Å². The quantitative estimate of drug-likeness (QED) is 0.545. The van der Waals surface area contributed by atoms with Crippen LogP contribution in [0.1, 0.15) is 19.4 Å². The summed E-state index contributed by atoms with van der Waals surface area (Å²) in [5.74, 6) is -0.365. The Bertz CT molecular complexity index is 1070. The maximum absolute atomic E-state index is 13.3. The Morgan fingerprint density at radius 1 is 1.19 bits per heavy atom. The zero-order chi connectivity index (χ0) is 19.6. The molecule has 0 aliphatic carbocycles. The van der Waals surface area contributed by atoms with Crippen molar-refractivity contribution >= 4 is 37.0 Å². The molecule has 0 fully saturated rings. The third-order valence-electron chi connectivity index (χ3n) is 4.07.